The lowest BCUT2D eigenvalue weighted by molar-refractivity contribution is 0.0600. The summed E-state index contributed by atoms with van der Waals surface area (Å²) in [5, 5.41) is 0.656. The Morgan fingerprint density at radius 2 is 2.09 bits per heavy atom. The van der Waals surface area contributed by atoms with Crippen molar-refractivity contribution in [2.24, 2.45) is 0 Å². The van der Waals surface area contributed by atoms with E-state index in [1.54, 1.807) is 6.07 Å². The molecule has 3 aromatic rings. The molecule has 0 bridgehead atoms. The molecule has 0 saturated heterocycles. The Morgan fingerprint density at radius 1 is 1.30 bits per heavy atom. The summed E-state index contributed by atoms with van der Waals surface area (Å²) in [5.74, 6) is 0.581. The van der Waals surface area contributed by atoms with Crippen LogP contribution < -0.4 is 0 Å². The Balaban J connectivity index is 2.32. The topological polar surface area (TPSA) is 44.1 Å². The molecular formula is C18H17ClN2O2. The van der Waals surface area contributed by atoms with E-state index in [-0.39, 0.29) is 5.97 Å². The van der Waals surface area contributed by atoms with Crippen LogP contribution in [0.4, 0.5) is 0 Å². The molecule has 0 aliphatic carbocycles. The van der Waals surface area contributed by atoms with E-state index in [9.17, 15) is 4.79 Å². The fourth-order valence-electron chi connectivity index (χ4n) is 2.80. The minimum atomic E-state index is -0.343. The SMILES string of the molecule is CCc1nc2ccc(Cl)cc2n1-c1cccc(C(=O)OC)c1C. The molecule has 0 fully saturated rings. The van der Waals surface area contributed by atoms with Crippen LogP contribution in [0.2, 0.25) is 5.02 Å². The number of aromatic nitrogens is 2. The van der Waals surface area contributed by atoms with Gasteiger partial charge in [0.1, 0.15) is 5.82 Å². The molecule has 0 radical (unpaired) electrons. The summed E-state index contributed by atoms with van der Waals surface area (Å²) in [6.45, 7) is 3.97. The van der Waals surface area contributed by atoms with E-state index in [2.05, 4.69) is 16.5 Å². The van der Waals surface area contributed by atoms with Gasteiger partial charge in [-0.1, -0.05) is 24.6 Å². The van der Waals surface area contributed by atoms with Crippen LogP contribution in [0.15, 0.2) is 36.4 Å². The molecule has 0 amide bonds. The third-order valence-electron chi connectivity index (χ3n) is 3.95. The van der Waals surface area contributed by atoms with Crippen LogP contribution in [0.5, 0.6) is 0 Å². The molecule has 0 aliphatic rings. The van der Waals surface area contributed by atoms with Crippen molar-refractivity contribution in [1.29, 1.82) is 0 Å². The second-order valence-corrected chi connectivity index (χ2v) is 5.73. The van der Waals surface area contributed by atoms with Crippen LogP contribution in [0.1, 0.15) is 28.7 Å². The number of methoxy groups -OCH3 is 1. The number of imidazole rings is 1. The first-order valence-corrected chi connectivity index (χ1v) is 7.79. The molecule has 2 aromatic carbocycles. The molecular weight excluding hydrogens is 312 g/mol. The second-order valence-electron chi connectivity index (χ2n) is 5.29. The van der Waals surface area contributed by atoms with Crippen molar-refractivity contribution in [3.8, 4) is 5.69 Å². The summed E-state index contributed by atoms with van der Waals surface area (Å²) >= 11 is 6.16. The third-order valence-corrected chi connectivity index (χ3v) is 4.19. The molecule has 118 valence electrons. The van der Waals surface area contributed by atoms with Crippen LogP contribution in [-0.4, -0.2) is 22.6 Å². The highest BCUT2D eigenvalue weighted by molar-refractivity contribution is 6.31. The molecule has 0 spiro atoms. The fourth-order valence-corrected chi connectivity index (χ4v) is 2.97. The molecule has 1 heterocycles. The zero-order chi connectivity index (χ0) is 16.6. The minimum absolute atomic E-state index is 0.343. The molecule has 0 N–H and O–H groups in total. The lowest BCUT2D eigenvalue weighted by Gasteiger charge is -2.14. The summed E-state index contributed by atoms with van der Waals surface area (Å²) in [6.07, 6.45) is 0.772. The monoisotopic (exact) mass is 328 g/mol. The number of ether oxygens (including phenoxy) is 1. The normalized spacial score (nSPS) is 11.0. The number of rotatable bonds is 3. The van der Waals surface area contributed by atoms with E-state index in [0.29, 0.717) is 10.6 Å². The maximum atomic E-state index is 12.0. The van der Waals surface area contributed by atoms with Gasteiger partial charge in [0.15, 0.2) is 0 Å². The van der Waals surface area contributed by atoms with E-state index >= 15 is 0 Å². The lowest BCUT2D eigenvalue weighted by atomic mass is 10.1. The van der Waals surface area contributed by atoms with Crippen LogP contribution in [-0.2, 0) is 11.2 Å². The van der Waals surface area contributed by atoms with E-state index in [4.69, 9.17) is 16.3 Å². The summed E-state index contributed by atoms with van der Waals surface area (Å²) in [4.78, 5) is 16.6. The summed E-state index contributed by atoms with van der Waals surface area (Å²) in [5.41, 5.74) is 4.13. The first-order chi connectivity index (χ1) is 11.1. The number of benzene rings is 2. The largest absolute Gasteiger partial charge is 0.465 e. The van der Waals surface area contributed by atoms with Crippen molar-refractivity contribution >= 4 is 28.6 Å². The van der Waals surface area contributed by atoms with Crippen molar-refractivity contribution in [3.63, 3.8) is 0 Å². The van der Waals surface area contributed by atoms with E-state index in [1.165, 1.54) is 7.11 Å². The lowest BCUT2D eigenvalue weighted by Crippen LogP contribution is -2.08. The van der Waals surface area contributed by atoms with Crippen molar-refractivity contribution in [2.45, 2.75) is 20.3 Å². The van der Waals surface area contributed by atoms with Gasteiger partial charge in [-0.05, 0) is 42.8 Å². The van der Waals surface area contributed by atoms with E-state index in [1.807, 2.05) is 37.3 Å². The summed E-state index contributed by atoms with van der Waals surface area (Å²) < 4.78 is 6.93. The molecule has 5 heteroatoms. The summed E-state index contributed by atoms with van der Waals surface area (Å²) in [6, 6.07) is 11.2. The zero-order valence-corrected chi connectivity index (χ0v) is 14.0. The molecule has 4 nitrogen and oxygen atoms in total. The maximum absolute atomic E-state index is 12.0. The smallest absolute Gasteiger partial charge is 0.338 e. The number of esters is 1. The van der Waals surface area contributed by atoms with E-state index < -0.39 is 0 Å². The molecule has 3 rings (SSSR count). The first-order valence-electron chi connectivity index (χ1n) is 7.42. The first kappa shape index (κ1) is 15.6. The number of aryl methyl sites for hydroxylation is 1. The molecule has 23 heavy (non-hydrogen) atoms. The minimum Gasteiger partial charge on any atom is -0.465 e. The highest BCUT2D eigenvalue weighted by Crippen LogP contribution is 2.28. The number of carbonyl (C=O) groups excluding carboxylic acids is 1. The number of halogens is 1. The van der Waals surface area contributed by atoms with Crippen LogP contribution >= 0.6 is 11.6 Å². The van der Waals surface area contributed by atoms with Gasteiger partial charge in [0.2, 0.25) is 0 Å². The van der Waals surface area contributed by atoms with Crippen molar-refractivity contribution in [1.82, 2.24) is 9.55 Å². The third kappa shape index (κ3) is 2.59. The number of nitrogens with zero attached hydrogens (tertiary/aromatic N) is 2. The number of hydrogen-bond donors (Lipinski definition) is 0. The van der Waals surface area contributed by atoms with Gasteiger partial charge in [-0.2, -0.15) is 0 Å². The van der Waals surface area contributed by atoms with Crippen LogP contribution in [0, 0.1) is 6.92 Å². The van der Waals surface area contributed by atoms with Gasteiger partial charge >= 0.3 is 5.97 Å². The summed E-state index contributed by atoms with van der Waals surface area (Å²) in [7, 11) is 1.39. The van der Waals surface area contributed by atoms with E-state index in [0.717, 1.165) is 34.5 Å². The highest BCUT2D eigenvalue weighted by Gasteiger charge is 2.17. The van der Waals surface area contributed by atoms with Gasteiger partial charge < -0.3 is 4.74 Å². The van der Waals surface area contributed by atoms with Crippen LogP contribution in [0.3, 0.4) is 0 Å². The molecule has 1 aromatic heterocycles. The van der Waals surface area contributed by atoms with Crippen molar-refractivity contribution in [2.75, 3.05) is 7.11 Å². The van der Waals surface area contributed by atoms with Gasteiger partial charge in [0.25, 0.3) is 0 Å². The average molecular weight is 329 g/mol. The Hall–Kier alpha value is -2.33. The molecule has 0 saturated carbocycles. The van der Waals surface area contributed by atoms with Gasteiger partial charge in [-0.25, -0.2) is 9.78 Å². The Kier molecular flexibility index (Phi) is 4.09. The molecule has 0 unspecified atom stereocenters. The number of hydrogen-bond acceptors (Lipinski definition) is 3. The van der Waals surface area contributed by atoms with Gasteiger partial charge in [-0.15, -0.1) is 0 Å². The molecule has 0 atom stereocenters. The molecule has 0 aliphatic heterocycles. The Bertz CT molecular complexity index is 899. The Labute approximate surface area is 139 Å². The average Bonchev–Trinajstić information content (AvgIpc) is 2.92. The quantitative estimate of drug-likeness (QED) is 0.672. The number of carbonyl (C=O) groups is 1. The standard InChI is InChI=1S/C18H17ClN2O2/c1-4-17-20-14-9-8-12(19)10-16(14)21(17)15-7-5-6-13(11(15)2)18(22)23-3/h5-10H,4H2,1-3H3. The van der Waals surface area contributed by atoms with Crippen LogP contribution in [0.25, 0.3) is 16.7 Å². The highest BCUT2D eigenvalue weighted by atomic mass is 35.5. The van der Waals surface area contributed by atoms with Gasteiger partial charge in [-0.3, -0.25) is 4.57 Å². The van der Waals surface area contributed by atoms with Gasteiger partial charge in [0.05, 0.1) is 29.4 Å². The van der Waals surface area contributed by atoms with Crippen molar-refractivity contribution < 1.29 is 9.53 Å². The predicted octanol–water partition coefficient (Wildman–Crippen LogP) is 4.34. The maximum Gasteiger partial charge on any atom is 0.338 e. The fraction of sp³-hybridized carbons (Fsp3) is 0.222. The van der Waals surface area contributed by atoms with Gasteiger partial charge in [0, 0.05) is 11.4 Å². The van der Waals surface area contributed by atoms with Crippen molar-refractivity contribution in [3.05, 3.63) is 58.4 Å². The number of fused-ring (bicyclic) bond motifs is 1. The zero-order valence-electron chi connectivity index (χ0n) is 13.3. The Morgan fingerprint density at radius 3 is 2.78 bits per heavy atom. The second kappa shape index (κ2) is 6.05. The predicted molar refractivity (Wildman–Crippen MR) is 91.5 cm³/mol.